The van der Waals surface area contributed by atoms with E-state index in [1.807, 2.05) is 19.9 Å². The smallest absolute Gasteiger partial charge is 0.350 e. The largest absolute Gasteiger partial charge is 0.478 e. The fourth-order valence-corrected chi connectivity index (χ4v) is 4.02. The Bertz CT molecular complexity index is 1230. The number of benzene rings is 2. The van der Waals surface area contributed by atoms with Gasteiger partial charge < -0.3 is 14.4 Å². The number of carboxylic acids is 1. The number of halogens is 1. The van der Waals surface area contributed by atoms with Crippen molar-refractivity contribution in [2.45, 2.75) is 20.8 Å². The molecule has 0 aliphatic carbocycles. The highest BCUT2D eigenvalue weighted by Crippen LogP contribution is 2.30. The minimum atomic E-state index is -1.06. The zero-order valence-corrected chi connectivity index (χ0v) is 19.2. The van der Waals surface area contributed by atoms with E-state index in [9.17, 15) is 19.5 Å². The van der Waals surface area contributed by atoms with Crippen molar-refractivity contribution in [1.29, 1.82) is 0 Å². The number of hydrogen-bond donors (Lipinski definition) is 1. The fraction of sp³-hybridized carbons (Fsp3) is 0.125. The molecule has 1 N–H and O–H groups in total. The van der Waals surface area contributed by atoms with Gasteiger partial charge in [0.05, 0.1) is 16.3 Å². The minimum Gasteiger partial charge on any atom is -0.478 e. The lowest BCUT2D eigenvalue weighted by Gasteiger charge is -2.12. The molecule has 1 aromatic heterocycles. The van der Waals surface area contributed by atoms with Crippen LogP contribution in [0.2, 0.25) is 5.02 Å². The molecule has 0 radical (unpaired) electrons. The van der Waals surface area contributed by atoms with E-state index in [-0.39, 0.29) is 15.6 Å². The third-order valence-corrected chi connectivity index (χ3v) is 5.71. The van der Waals surface area contributed by atoms with Crippen molar-refractivity contribution in [3.63, 3.8) is 0 Å². The lowest BCUT2D eigenvalue weighted by molar-refractivity contribution is -0.129. The number of aromatic carboxylic acids is 1. The number of carboxylic acid groups (broad SMARTS) is 1. The predicted molar refractivity (Wildman–Crippen MR) is 126 cm³/mol. The van der Waals surface area contributed by atoms with Gasteiger partial charge in [-0.25, -0.2) is 9.59 Å². The van der Waals surface area contributed by atoms with E-state index in [0.717, 1.165) is 23.1 Å². The number of carbonyl (C=O) groups is 3. The highest BCUT2D eigenvalue weighted by Gasteiger charge is 2.19. The maximum Gasteiger partial charge on any atom is 0.350 e. The number of para-hydroxylation sites is 1. The van der Waals surface area contributed by atoms with Gasteiger partial charge in [0.2, 0.25) is 0 Å². The van der Waals surface area contributed by atoms with Gasteiger partial charge in [0, 0.05) is 18.3 Å². The Morgan fingerprint density at radius 1 is 1.06 bits per heavy atom. The first-order chi connectivity index (χ1) is 15.2. The molecule has 8 heteroatoms. The number of carbonyl (C=O) groups excluding carboxylic acids is 2. The van der Waals surface area contributed by atoms with Crippen molar-refractivity contribution in [1.82, 2.24) is 4.57 Å². The lowest BCUT2D eigenvalue weighted by atomic mass is 10.2. The molecule has 0 bridgehead atoms. The number of ether oxygens (including phenoxy) is 1. The van der Waals surface area contributed by atoms with Crippen LogP contribution in [-0.4, -0.2) is 26.7 Å². The summed E-state index contributed by atoms with van der Waals surface area (Å²) in [5.74, 6) is -1.34. The van der Waals surface area contributed by atoms with Crippen molar-refractivity contribution in [2.75, 3.05) is 0 Å². The summed E-state index contributed by atoms with van der Waals surface area (Å²) in [4.78, 5) is 36.0. The Balaban J connectivity index is 2.04. The molecule has 0 saturated heterocycles. The van der Waals surface area contributed by atoms with Gasteiger partial charge in [-0.15, -0.1) is 0 Å². The first-order valence-electron chi connectivity index (χ1n) is 9.57. The van der Waals surface area contributed by atoms with Crippen LogP contribution in [0.25, 0.3) is 11.8 Å². The number of hydrogen-bond acceptors (Lipinski definition) is 5. The van der Waals surface area contributed by atoms with Crippen LogP contribution in [0, 0.1) is 13.8 Å². The maximum atomic E-state index is 12.7. The van der Waals surface area contributed by atoms with Crippen LogP contribution >= 0.6 is 23.4 Å². The monoisotopic (exact) mass is 469 g/mol. The highest BCUT2D eigenvalue weighted by molar-refractivity contribution is 8.17. The van der Waals surface area contributed by atoms with Gasteiger partial charge in [0.1, 0.15) is 10.7 Å². The second-order valence-corrected chi connectivity index (χ2v) is 8.56. The number of aryl methyl sites for hydroxylation is 1. The summed E-state index contributed by atoms with van der Waals surface area (Å²) in [6, 6.07) is 14.9. The van der Waals surface area contributed by atoms with Crippen LogP contribution in [0.1, 0.15) is 34.2 Å². The summed E-state index contributed by atoms with van der Waals surface area (Å²) in [5, 5.41) is 9.45. The Labute approximate surface area is 194 Å². The number of thioether (sulfide) groups is 1. The molecule has 164 valence electrons. The lowest BCUT2D eigenvalue weighted by Crippen LogP contribution is -2.10. The molecule has 2 aromatic carbocycles. The number of rotatable bonds is 6. The van der Waals surface area contributed by atoms with Gasteiger partial charge in [-0.3, -0.25) is 4.79 Å². The van der Waals surface area contributed by atoms with E-state index in [0.29, 0.717) is 22.0 Å². The molecule has 0 saturated carbocycles. The quantitative estimate of drug-likeness (QED) is 0.284. The van der Waals surface area contributed by atoms with Crippen molar-refractivity contribution in [3.8, 4) is 11.4 Å². The second-order valence-electron chi connectivity index (χ2n) is 6.94. The normalized spacial score (nSPS) is 11.3. The van der Waals surface area contributed by atoms with Crippen LogP contribution in [0.3, 0.4) is 0 Å². The molecular formula is C24H20ClNO5S. The van der Waals surface area contributed by atoms with Gasteiger partial charge >= 0.3 is 11.9 Å². The van der Waals surface area contributed by atoms with E-state index in [1.54, 1.807) is 41.0 Å². The van der Waals surface area contributed by atoms with Crippen LogP contribution in [-0.2, 0) is 9.59 Å². The first kappa shape index (κ1) is 23.4. The predicted octanol–water partition coefficient (Wildman–Crippen LogP) is 5.67. The van der Waals surface area contributed by atoms with E-state index in [1.165, 1.54) is 25.1 Å². The van der Waals surface area contributed by atoms with Crippen molar-refractivity contribution in [2.24, 2.45) is 0 Å². The molecule has 0 aliphatic rings. The zero-order chi connectivity index (χ0) is 23.4. The summed E-state index contributed by atoms with van der Waals surface area (Å²) >= 11 is 7.14. The van der Waals surface area contributed by atoms with Crippen LogP contribution < -0.4 is 4.74 Å². The fourth-order valence-electron chi connectivity index (χ4n) is 3.19. The Hall–Kier alpha value is -3.29. The van der Waals surface area contributed by atoms with E-state index in [2.05, 4.69) is 0 Å². The highest BCUT2D eigenvalue weighted by atomic mass is 35.5. The Kier molecular flexibility index (Phi) is 7.22. The standard InChI is InChI=1S/C24H20ClNO5S/c1-14-11-18(15(2)26(14)21-12-17(23(28)29)9-10-20(21)25)13-22(32-16(3)27)24(30)31-19-7-5-4-6-8-19/h4-13H,1-3H3,(H,28,29). The number of esters is 1. The zero-order valence-electron chi connectivity index (χ0n) is 17.6. The van der Waals surface area contributed by atoms with Crippen LogP contribution in [0.5, 0.6) is 5.75 Å². The summed E-state index contributed by atoms with van der Waals surface area (Å²) < 4.78 is 7.20. The summed E-state index contributed by atoms with van der Waals surface area (Å²) in [5.41, 5.74) is 2.79. The summed E-state index contributed by atoms with van der Waals surface area (Å²) in [6.45, 7) is 5.03. The van der Waals surface area contributed by atoms with Crippen molar-refractivity contribution >= 4 is 46.5 Å². The third kappa shape index (κ3) is 5.30. The summed E-state index contributed by atoms with van der Waals surface area (Å²) in [6.07, 6.45) is 1.59. The third-order valence-electron chi connectivity index (χ3n) is 4.60. The first-order valence-corrected chi connectivity index (χ1v) is 10.8. The Morgan fingerprint density at radius 2 is 1.75 bits per heavy atom. The average Bonchev–Trinajstić information content (AvgIpc) is 3.01. The average molecular weight is 470 g/mol. The van der Waals surface area contributed by atoms with Gasteiger partial charge in [-0.1, -0.05) is 29.8 Å². The molecule has 0 aliphatic heterocycles. The molecule has 0 fully saturated rings. The molecule has 3 aromatic rings. The molecule has 32 heavy (non-hydrogen) atoms. The number of aromatic nitrogens is 1. The SMILES string of the molecule is CC(=O)SC(=Cc1cc(C)n(-c2cc(C(=O)O)ccc2Cl)c1C)C(=O)Oc1ccccc1. The van der Waals surface area contributed by atoms with Crippen molar-refractivity contribution < 1.29 is 24.2 Å². The molecule has 3 rings (SSSR count). The number of nitrogens with zero attached hydrogens (tertiary/aromatic N) is 1. The van der Waals surface area contributed by atoms with Crippen molar-refractivity contribution in [3.05, 3.63) is 87.0 Å². The minimum absolute atomic E-state index is 0.105. The van der Waals surface area contributed by atoms with Crippen LogP contribution in [0.4, 0.5) is 0 Å². The van der Waals surface area contributed by atoms with E-state index >= 15 is 0 Å². The molecule has 0 amide bonds. The molecule has 0 atom stereocenters. The Morgan fingerprint density at radius 3 is 2.38 bits per heavy atom. The van der Waals surface area contributed by atoms with Gasteiger partial charge in [-0.2, -0.15) is 0 Å². The topological polar surface area (TPSA) is 85.6 Å². The van der Waals surface area contributed by atoms with E-state index in [4.69, 9.17) is 16.3 Å². The van der Waals surface area contributed by atoms with Crippen LogP contribution in [0.15, 0.2) is 59.5 Å². The van der Waals surface area contributed by atoms with Gasteiger partial charge in [0.15, 0.2) is 5.12 Å². The summed E-state index contributed by atoms with van der Waals surface area (Å²) in [7, 11) is 0. The van der Waals surface area contributed by atoms with Gasteiger partial charge in [-0.05, 0) is 73.6 Å². The maximum absolute atomic E-state index is 12.7. The molecule has 0 unspecified atom stereocenters. The molecular weight excluding hydrogens is 450 g/mol. The second kappa shape index (κ2) is 9.89. The molecule has 1 heterocycles. The van der Waals surface area contributed by atoms with E-state index < -0.39 is 11.9 Å². The van der Waals surface area contributed by atoms with Gasteiger partial charge in [0.25, 0.3) is 0 Å². The molecule has 0 spiro atoms. The molecule has 6 nitrogen and oxygen atoms in total.